The molecule has 0 bridgehead atoms. The van der Waals surface area contributed by atoms with Gasteiger partial charge in [-0.15, -0.1) is 0 Å². The Balaban J connectivity index is 1.38. The van der Waals surface area contributed by atoms with Gasteiger partial charge in [-0.2, -0.15) is 0 Å². The quantitative estimate of drug-likeness (QED) is 0.689. The fourth-order valence-electron chi connectivity index (χ4n) is 3.90. The van der Waals surface area contributed by atoms with Crippen LogP contribution in [0, 0.1) is 0 Å². The van der Waals surface area contributed by atoms with Crippen LogP contribution in [0.1, 0.15) is 30.0 Å². The molecule has 0 amide bonds. The zero-order chi connectivity index (χ0) is 20.3. The third kappa shape index (κ3) is 5.22. The summed E-state index contributed by atoms with van der Waals surface area (Å²) >= 11 is 0. The molecule has 2 heterocycles. The van der Waals surface area contributed by atoms with Crippen molar-refractivity contribution in [2.45, 2.75) is 25.4 Å². The Labute approximate surface area is 172 Å². The van der Waals surface area contributed by atoms with E-state index in [2.05, 4.69) is 29.2 Å². The van der Waals surface area contributed by atoms with Crippen molar-refractivity contribution >= 4 is 9.84 Å². The molecular weight excluding hydrogens is 390 g/mol. The van der Waals surface area contributed by atoms with Gasteiger partial charge in [0.05, 0.1) is 5.75 Å². The van der Waals surface area contributed by atoms with E-state index < -0.39 is 9.84 Å². The Morgan fingerprint density at radius 2 is 1.83 bits per heavy atom. The number of likely N-dealkylation sites (tertiary alicyclic amines) is 1. The maximum absolute atomic E-state index is 11.2. The predicted molar refractivity (Wildman–Crippen MR) is 111 cm³/mol. The molecule has 6 nitrogen and oxygen atoms in total. The molecule has 0 radical (unpaired) electrons. The SMILES string of the molecule is CS(=O)(=O)CCOc1ccc(CN2CCC[C@@H]2c2ccc3c(c2)OCCO3)cc1. The smallest absolute Gasteiger partial charge is 0.161 e. The van der Waals surface area contributed by atoms with Gasteiger partial charge in [0.15, 0.2) is 21.3 Å². The fraction of sp³-hybridized carbons (Fsp3) is 0.455. The number of fused-ring (bicyclic) bond motifs is 1. The third-order valence-corrected chi connectivity index (χ3v) is 6.25. The van der Waals surface area contributed by atoms with E-state index in [4.69, 9.17) is 14.2 Å². The molecule has 0 aromatic heterocycles. The average molecular weight is 418 g/mol. The number of ether oxygens (including phenoxy) is 3. The molecule has 1 fully saturated rings. The lowest BCUT2D eigenvalue weighted by atomic mass is 10.0. The second-order valence-electron chi connectivity index (χ2n) is 7.65. The topological polar surface area (TPSA) is 65.1 Å². The van der Waals surface area contributed by atoms with E-state index >= 15 is 0 Å². The van der Waals surface area contributed by atoms with Gasteiger partial charge >= 0.3 is 0 Å². The fourth-order valence-corrected chi connectivity index (χ4v) is 4.28. The summed E-state index contributed by atoms with van der Waals surface area (Å²) in [6.45, 7) is 3.31. The molecule has 156 valence electrons. The molecule has 7 heteroatoms. The van der Waals surface area contributed by atoms with E-state index in [-0.39, 0.29) is 12.4 Å². The van der Waals surface area contributed by atoms with Gasteiger partial charge in [-0.05, 0) is 54.8 Å². The normalized spacial score (nSPS) is 19.3. The van der Waals surface area contributed by atoms with E-state index in [1.165, 1.54) is 23.8 Å². The zero-order valence-electron chi connectivity index (χ0n) is 16.7. The largest absolute Gasteiger partial charge is 0.493 e. The summed E-state index contributed by atoms with van der Waals surface area (Å²) in [5, 5.41) is 0. The van der Waals surface area contributed by atoms with Crippen LogP contribution in [0.3, 0.4) is 0 Å². The highest BCUT2D eigenvalue weighted by Crippen LogP contribution is 2.38. The van der Waals surface area contributed by atoms with Crippen LogP contribution in [0.15, 0.2) is 42.5 Å². The molecule has 29 heavy (non-hydrogen) atoms. The molecule has 0 N–H and O–H groups in total. The molecule has 1 atom stereocenters. The van der Waals surface area contributed by atoms with Gasteiger partial charge < -0.3 is 14.2 Å². The van der Waals surface area contributed by atoms with Crippen molar-refractivity contribution in [2.24, 2.45) is 0 Å². The predicted octanol–water partition coefficient (Wildman–Crippen LogP) is 3.22. The van der Waals surface area contributed by atoms with Crippen LogP contribution in [0.5, 0.6) is 17.2 Å². The van der Waals surface area contributed by atoms with Crippen LogP contribution in [0.4, 0.5) is 0 Å². The summed E-state index contributed by atoms with van der Waals surface area (Å²) in [4.78, 5) is 2.49. The first kappa shape index (κ1) is 20.0. The van der Waals surface area contributed by atoms with Crippen LogP contribution >= 0.6 is 0 Å². The van der Waals surface area contributed by atoms with Gasteiger partial charge in [0, 0.05) is 18.8 Å². The van der Waals surface area contributed by atoms with Gasteiger partial charge in [-0.25, -0.2) is 8.42 Å². The second kappa shape index (κ2) is 8.63. The van der Waals surface area contributed by atoms with Gasteiger partial charge in [-0.1, -0.05) is 18.2 Å². The molecule has 0 unspecified atom stereocenters. The lowest BCUT2D eigenvalue weighted by Gasteiger charge is -2.26. The molecule has 4 rings (SSSR count). The number of rotatable bonds is 7. The van der Waals surface area contributed by atoms with Crippen molar-refractivity contribution in [1.29, 1.82) is 0 Å². The second-order valence-corrected chi connectivity index (χ2v) is 9.91. The first-order chi connectivity index (χ1) is 14.0. The molecule has 1 saturated heterocycles. The van der Waals surface area contributed by atoms with E-state index in [0.29, 0.717) is 25.0 Å². The molecular formula is C22H27NO5S. The molecule has 0 aliphatic carbocycles. The van der Waals surface area contributed by atoms with Crippen LogP contribution in [-0.2, 0) is 16.4 Å². The Morgan fingerprint density at radius 3 is 2.59 bits per heavy atom. The van der Waals surface area contributed by atoms with Crippen molar-refractivity contribution < 1.29 is 22.6 Å². The third-order valence-electron chi connectivity index (χ3n) is 5.35. The summed E-state index contributed by atoms with van der Waals surface area (Å²) in [5.74, 6) is 2.40. The highest BCUT2D eigenvalue weighted by atomic mass is 32.2. The van der Waals surface area contributed by atoms with Crippen molar-refractivity contribution in [1.82, 2.24) is 4.90 Å². The Morgan fingerprint density at radius 1 is 1.07 bits per heavy atom. The van der Waals surface area contributed by atoms with Crippen molar-refractivity contribution in [3.8, 4) is 17.2 Å². The first-order valence-corrected chi connectivity index (χ1v) is 12.1. The van der Waals surface area contributed by atoms with E-state index in [9.17, 15) is 8.42 Å². The summed E-state index contributed by atoms with van der Waals surface area (Å²) in [6, 6.07) is 14.6. The number of hydrogen-bond donors (Lipinski definition) is 0. The van der Waals surface area contributed by atoms with Crippen LogP contribution in [-0.4, -0.2) is 51.7 Å². The number of hydrogen-bond acceptors (Lipinski definition) is 6. The van der Waals surface area contributed by atoms with E-state index in [1.54, 1.807) is 0 Å². The highest BCUT2D eigenvalue weighted by molar-refractivity contribution is 7.90. The minimum absolute atomic E-state index is 0.0275. The molecule has 2 aromatic carbocycles. The number of benzene rings is 2. The molecule has 0 spiro atoms. The van der Waals surface area contributed by atoms with Gasteiger partial charge in [0.25, 0.3) is 0 Å². The molecule has 2 aromatic rings. The van der Waals surface area contributed by atoms with E-state index in [0.717, 1.165) is 31.0 Å². The molecule has 2 aliphatic rings. The van der Waals surface area contributed by atoms with Crippen molar-refractivity contribution in [2.75, 3.05) is 38.4 Å². The Hall–Kier alpha value is -2.25. The minimum atomic E-state index is -3.01. The maximum Gasteiger partial charge on any atom is 0.161 e. The van der Waals surface area contributed by atoms with Crippen LogP contribution < -0.4 is 14.2 Å². The standard InChI is InChI=1S/C22H27NO5S/c1-29(24,25)14-13-26-19-7-4-17(5-8-19)16-23-10-2-3-20(23)18-6-9-21-22(15-18)28-12-11-27-21/h4-9,15,20H,2-3,10-14,16H2,1H3/t20-/m1/s1. The number of sulfone groups is 1. The zero-order valence-corrected chi connectivity index (χ0v) is 17.5. The lowest BCUT2D eigenvalue weighted by molar-refractivity contribution is 0.170. The Kier molecular flexibility index (Phi) is 5.96. The first-order valence-electron chi connectivity index (χ1n) is 10.0. The number of nitrogens with zero attached hydrogens (tertiary/aromatic N) is 1. The summed E-state index contributed by atoms with van der Waals surface area (Å²) < 4.78 is 39.3. The van der Waals surface area contributed by atoms with Gasteiger partial charge in [0.2, 0.25) is 0 Å². The lowest BCUT2D eigenvalue weighted by Crippen LogP contribution is -2.23. The molecule has 2 aliphatic heterocycles. The van der Waals surface area contributed by atoms with E-state index in [1.807, 2.05) is 18.2 Å². The Bertz CT molecular complexity index is 942. The van der Waals surface area contributed by atoms with Crippen molar-refractivity contribution in [3.63, 3.8) is 0 Å². The average Bonchev–Trinajstić information content (AvgIpc) is 3.16. The van der Waals surface area contributed by atoms with Crippen LogP contribution in [0.25, 0.3) is 0 Å². The van der Waals surface area contributed by atoms with Crippen molar-refractivity contribution in [3.05, 3.63) is 53.6 Å². The monoisotopic (exact) mass is 417 g/mol. The summed E-state index contributed by atoms with van der Waals surface area (Å²) in [6.07, 6.45) is 3.52. The maximum atomic E-state index is 11.2. The van der Waals surface area contributed by atoms with Gasteiger partial charge in [-0.3, -0.25) is 4.90 Å². The summed E-state index contributed by atoms with van der Waals surface area (Å²) in [5.41, 5.74) is 2.48. The van der Waals surface area contributed by atoms with Crippen LogP contribution in [0.2, 0.25) is 0 Å². The molecule has 0 saturated carbocycles. The highest BCUT2D eigenvalue weighted by Gasteiger charge is 2.27. The minimum Gasteiger partial charge on any atom is -0.493 e. The van der Waals surface area contributed by atoms with Gasteiger partial charge in [0.1, 0.15) is 25.6 Å². The summed E-state index contributed by atoms with van der Waals surface area (Å²) in [7, 11) is -3.01.